The standard InChI is InChI=1S/C18H22N4O2/c1-2-11-20-17(23)14-6-8-16(9-7-14)22-18(24)21-13-10-15-5-3-4-12-19-15/h3-9,12H,2,10-11,13H2,1H3,(H,20,23)(H2,21,22,24). The minimum atomic E-state index is -0.283. The van der Waals surface area contributed by atoms with E-state index in [9.17, 15) is 9.59 Å². The van der Waals surface area contributed by atoms with Gasteiger partial charge in [0.25, 0.3) is 5.91 Å². The molecule has 0 unspecified atom stereocenters. The van der Waals surface area contributed by atoms with Crippen LogP contribution in [-0.4, -0.2) is 30.0 Å². The van der Waals surface area contributed by atoms with Crippen molar-refractivity contribution in [2.45, 2.75) is 19.8 Å². The third-order valence-corrected chi connectivity index (χ3v) is 3.33. The monoisotopic (exact) mass is 326 g/mol. The number of benzene rings is 1. The van der Waals surface area contributed by atoms with E-state index in [1.165, 1.54) is 0 Å². The summed E-state index contributed by atoms with van der Waals surface area (Å²) >= 11 is 0. The lowest BCUT2D eigenvalue weighted by molar-refractivity contribution is 0.0953. The van der Waals surface area contributed by atoms with Crippen molar-refractivity contribution in [3.05, 3.63) is 59.9 Å². The molecule has 2 aromatic rings. The molecule has 1 aromatic carbocycles. The van der Waals surface area contributed by atoms with Gasteiger partial charge in [-0.3, -0.25) is 9.78 Å². The number of hydrogen-bond donors (Lipinski definition) is 3. The number of anilines is 1. The van der Waals surface area contributed by atoms with Crippen LogP contribution in [0.4, 0.5) is 10.5 Å². The van der Waals surface area contributed by atoms with Gasteiger partial charge in [0.15, 0.2) is 0 Å². The third-order valence-electron chi connectivity index (χ3n) is 3.33. The Balaban J connectivity index is 1.76. The van der Waals surface area contributed by atoms with Gasteiger partial charge >= 0.3 is 6.03 Å². The molecule has 3 amide bonds. The first-order chi connectivity index (χ1) is 11.7. The van der Waals surface area contributed by atoms with Gasteiger partial charge in [-0.2, -0.15) is 0 Å². The van der Waals surface area contributed by atoms with Crippen LogP contribution < -0.4 is 16.0 Å². The molecule has 0 saturated carbocycles. The van der Waals surface area contributed by atoms with Crippen LogP contribution in [0.5, 0.6) is 0 Å². The Bertz CT molecular complexity index is 656. The number of amides is 3. The van der Waals surface area contributed by atoms with Crippen LogP contribution in [0.25, 0.3) is 0 Å². The fourth-order valence-corrected chi connectivity index (χ4v) is 2.07. The number of nitrogens with zero attached hydrogens (tertiary/aromatic N) is 1. The topological polar surface area (TPSA) is 83.1 Å². The lowest BCUT2D eigenvalue weighted by atomic mass is 10.2. The first kappa shape index (κ1) is 17.5. The second kappa shape index (κ2) is 9.29. The fourth-order valence-electron chi connectivity index (χ4n) is 2.07. The quantitative estimate of drug-likeness (QED) is 0.731. The number of urea groups is 1. The van der Waals surface area contributed by atoms with Crippen molar-refractivity contribution in [3.8, 4) is 0 Å². The second-order valence-corrected chi connectivity index (χ2v) is 5.29. The van der Waals surface area contributed by atoms with Gasteiger partial charge in [0.2, 0.25) is 0 Å². The van der Waals surface area contributed by atoms with Crippen LogP contribution in [-0.2, 0) is 6.42 Å². The highest BCUT2D eigenvalue weighted by molar-refractivity contribution is 5.95. The van der Waals surface area contributed by atoms with Crippen molar-refractivity contribution in [2.24, 2.45) is 0 Å². The second-order valence-electron chi connectivity index (χ2n) is 5.29. The highest BCUT2D eigenvalue weighted by Gasteiger charge is 2.06. The van der Waals surface area contributed by atoms with Crippen LogP contribution in [0.1, 0.15) is 29.4 Å². The Morgan fingerprint density at radius 2 is 1.79 bits per heavy atom. The Morgan fingerprint density at radius 1 is 1.00 bits per heavy atom. The van der Waals surface area contributed by atoms with Crippen molar-refractivity contribution in [1.29, 1.82) is 0 Å². The molecule has 3 N–H and O–H groups in total. The van der Waals surface area contributed by atoms with Gasteiger partial charge in [0.1, 0.15) is 0 Å². The molecule has 0 spiro atoms. The van der Waals surface area contributed by atoms with E-state index in [1.807, 2.05) is 25.1 Å². The van der Waals surface area contributed by atoms with Crippen molar-refractivity contribution in [2.75, 3.05) is 18.4 Å². The summed E-state index contributed by atoms with van der Waals surface area (Å²) in [5.74, 6) is -0.108. The van der Waals surface area contributed by atoms with Crippen molar-refractivity contribution in [1.82, 2.24) is 15.6 Å². The predicted molar refractivity (Wildman–Crippen MR) is 94.0 cm³/mol. The molecule has 0 aliphatic carbocycles. The zero-order valence-corrected chi connectivity index (χ0v) is 13.7. The summed E-state index contributed by atoms with van der Waals surface area (Å²) < 4.78 is 0. The van der Waals surface area contributed by atoms with Gasteiger partial charge in [-0.05, 0) is 42.8 Å². The van der Waals surface area contributed by atoms with E-state index in [1.54, 1.807) is 30.5 Å². The molecule has 1 aromatic heterocycles. The normalized spacial score (nSPS) is 10.0. The van der Waals surface area contributed by atoms with Crippen LogP contribution in [0.15, 0.2) is 48.7 Å². The average molecular weight is 326 g/mol. The molecule has 6 nitrogen and oxygen atoms in total. The van der Waals surface area contributed by atoms with Gasteiger partial charge in [-0.25, -0.2) is 4.79 Å². The molecule has 0 radical (unpaired) electrons. The molecule has 24 heavy (non-hydrogen) atoms. The maximum atomic E-state index is 11.8. The van der Waals surface area contributed by atoms with Crippen molar-refractivity contribution in [3.63, 3.8) is 0 Å². The molecule has 0 aliphatic rings. The average Bonchev–Trinajstić information content (AvgIpc) is 2.61. The zero-order valence-electron chi connectivity index (χ0n) is 13.7. The Morgan fingerprint density at radius 3 is 2.46 bits per heavy atom. The molecule has 1 heterocycles. The van der Waals surface area contributed by atoms with E-state index < -0.39 is 0 Å². The summed E-state index contributed by atoms with van der Waals surface area (Å²) in [7, 11) is 0. The Kier molecular flexibility index (Phi) is 6.76. The first-order valence-corrected chi connectivity index (χ1v) is 8.02. The van der Waals surface area contributed by atoms with Crippen LogP contribution in [0, 0.1) is 0 Å². The van der Waals surface area contributed by atoms with Gasteiger partial charge in [-0.1, -0.05) is 13.0 Å². The molecule has 0 fully saturated rings. The Hall–Kier alpha value is -2.89. The number of aromatic nitrogens is 1. The van der Waals surface area contributed by atoms with E-state index in [-0.39, 0.29) is 11.9 Å². The fraction of sp³-hybridized carbons (Fsp3) is 0.278. The van der Waals surface area contributed by atoms with Gasteiger partial charge < -0.3 is 16.0 Å². The van der Waals surface area contributed by atoms with Crippen molar-refractivity contribution < 1.29 is 9.59 Å². The summed E-state index contributed by atoms with van der Waals surface area (Å²) in [6.45, 7) is 3.15. The Labute approximate surface area is 141 Å². The van der Waals surface area contributed by atoms with Crippen LogP contribution in [0.2, 0.25) is 0 Å². The minimum absolute atomic E-state index is 0.108. The summed E-state index contributed by atoms with van der Waals surface area (Å²) in [5.41, 5.74) is 2.14. The molecule has 0 bridgehead atoms. The van der Waals surface area contributed by atoms with E-state index in [0.29, 0.717) is 30.8 Å². The summed E-state index contributed by atoms with van der Waals surface area (Å²) in [6, 6.07) is 12.2. The molecule has 126 valence electrons. The number of carbonyl (C=O) groups is 2. The van der Waals surface area contributed by atoms with E-state index in [2.05, 4.69) is 20.9 Å². The smallest absolute Gasteiger partial charge is 0.319 e. The highest BCUT2D eigenvalue weighted by Crippen LogP contribution is 2.09. The molecule has 2 rings (SSSR count). The van der Waals surface area contributed by atoms with Gasteiger partial charge in [-0.15, -0.1) is 0 Å². The number of pyridine rings is 1. The predicted octanol–water partition coefficient (Wildman–Crippen LogP) is 2.59. The SMILES string of the molecule is CCCNC(=O)c1ccc(NC(=O)NCCc2ccccn2)cc1. The minimum Gasteiger partial charge on any atom is -0.352 e. The van der Waals surface area contributed by atoms with Gasteiger partial charge in [0.05, 0.1) is 0 Å². The first-order valence-electron chi connectivity index (χ1n) is 8.02. The molecular formula is C18H22N4O2. The van der Waals surface area contributed by atoms with E-state index in [0.717, 1.165) is 12.1 Å². The number of carbonyl (C=O) groups excluding carboxylic acids is 2. The molecular weight excluding hydrogens is 304 g/mol. The maximum absolute atomic E-state index is 11.8. The number of rotatable bonds is 7. The zero-order chi connectivity index (χ0) is 17.2. The summed E-state index contributed by atoms with van der Waals surface area (Å²) in [4.78, 5) is 27.8. The lowest BCUT2D eigenvalue weighted by Crippen LogP contribution is -2.30. The van der Waals surface area contributed by atoms with Crippen molar-refractivity contribution >= 4 is 17.6 Å². The summed E-state index contributed by atoms with van der Waals surface area (Å²) in [6.07, 6.45) is 3.29. The molecule has 0 aliphatic heterocycles. The van der Waals surface area contributed by atoms with Gasteiger partial charge in [0, 0.05) is 42.7 Å². The van der Waals surface area contributed by atoms with Crippen LogP contribution in [0.3, 0.4) is 0 Å². The maximum Gasteiger partial charge on any atom is 0.319 e. The number of nitrogens with one attached hydrogen (secondary N) is 3. The van der Waals surface area contributed by atoms with Crippen LogP contribution >= 0.6 is 0 Å². The molecule has 0 saturated heterocycles. The molecule has 0 atom stereocenters. The van der Waals surface area contributed by atoms with E-state index in [4.69, 9.17) is 0 Å². The largest absolute Gasteiger partial charge is 0.352 e. The molecule has 6 heteroatoms. The summed E-state index contributed by atoms with van der Waals surface area (Å²) in [5, 5.41) is 8.32. The third kappa shape index (κ3) is 5.72. The lowest BCUT2D eigenvalue weighted by Gasteiger charge is -2.08. The highest BCUT2D eigenvalue weighted by atomic mass is 16.2. The number of hydrogen-bond acceptors (Lipinski definition) is 3. The van der Waals surface area contributed by atoms with E-state index >= 15 is 0 Å².